The van der Waals surface area contributed by atoms with Crippen LogP contribution < -0.4 is 10.2 Å². The number of nitrogens with zero attached hydrogens (tertiary/aromatic N) is 1. The number of rotatable bonds is 2. The zero-order valence-electron chi connectivity index (χ0n) is 9.75. The first-order chi connectivity index (χ1) is 8.91. The molecule has 1 aromatic carbocycles. The van der Waals surface area contributed by atoms with Gasteiger partial charge in [-0.3, -0.25) is 4.79 Å². The Kier molecular flexibility index (Phi) is 3.57. The molecule has 5 nitrogen and oxygen atoms in total. The van der Waals surface area contributed by atoms with Crippen LogP contribution in [-0.2, 0) is 9.53 Å². The van der Waals surface area contributed by atoms with Gasteiger partial charge in [0.2, 0.25) is 0 Å². The fraction of sp³-hybridized carbons (Fsp3) is 0.273. The molecule has 1 fully saturated rings. The molecule has 1 atom stereocenters. The number of ether oxygens (including phenoxy) is 1. The molecule has 8 heteroatoms. The summed E-state index contributed by atoms with van der Waals surface area (Å²) < 4.78 is 31.3. The summed E-state index contributed by atoms with van der Waals surface area (Å²) in [4.78, 5) is 23.7. The highest BCUT2D eigenvalue weighted by Gasteiger charge is 2.32. The number of carbonyl (C=O) groups is 2. The van der Waals surface area contributed by atoms with E-state index in [9.17, 15) is 18.4 Å². The molecule has 0 aromatic heterocycles. The van der Waals surface area contributed by atoms with Gasteiger partial charge in [-0.2, -0.15) is 0 Å². The Morgan fingerprint density at radius 3 is 2.79 bits per heavy atom. The molecule has 2 amide bonds. The largest absolute Gasteiger partial charge is 0.447 e. The number of likely N-dealkylation sites (N-methyl/N-ethyl adjacent to an activating group) is 1. The number of halogens is 3. The van der Waals surface area contributed by atoms with Gasteiger partial charge in [0.25, 0.3) is 5.91 Å². The second-order valence-electron chi connectivity index (χ2n) is 3.89. The lowest BCUT2D eigenvalue weighted by atomic mass is 10.2. The van der Waals surface area contributed by atoms with Crippen LogP contribution in [0, 0.1) is 11.6 Å². The van der Waals surface area contributed by atoms with Gasteiger partial charge >= 0.3 is 6.09 Å². The average molecular weight is 291 g/mol. The fourth-order valence-corrected chi connectivity index (χ4v) is 1.80. The number of alkyl carbamates (subject to hydrolysis) is 1. The smallest absolute Gasteiger partial charge is 0.407 e. The lowest BCUT2D eigenvalue weighted by molar-refractivity contribution is -0.120. The standard InChI is InChI=1S/C11H9ClF2N2O3/c1-16(10(17)6-4-19-11(18)15-6)7-3-2-5(13)8(12)9(7)14/h2-3,6H,4H2,1H3,(H,15,18)/t6-/m0/s1. The van der Waals surface area contributed by atoms with Crippen molar-refractivity contribution in [2.45, 2.75) is 6.04 Å². The van der Waals surface area contributed by atoms with Crippen molar-refractivity contribution in [2.24, 2.45) is 0 Å². The highest BCUT2D eigenvalue weighted by Crippen LogP contribution is 2.28. The van der Waals surface area contributed by atoms with Gasteiger partial charge in [-0.25, -0.2) is 13.6 Å². The maximum Gasteiger partial charge on any atom is 0.407 e. The lowest BCUT2D eigenvalue weighted by Crippen LogP contribution is -2.44. The van der Waals surface area contributed by atoms with Crippen LogP contribution in [0.4, 0.5) is 19.3 Å². The van der Waals surface area contributed by atoms with E-state index in [4.69, 9.17) is 11.6 Å². The molecule has 0 aliphatic carbocycles. The number of nitrogens with one attached hydrogen (secondary N) is 1. The molecule has 0 radical (unpaired) electrons. The van der Waals surface area contributed by atoms with E-state index in [1.54, 1.807) is 0 Å². The van der Waals surface area contributed by atoms with E-state index >= 15 is 0 Å². The van der Waals surface area contributed by atoms with Crippen LogP contribution in [0.15, 0.2) is 12.1 Å². The SMILES string of the molecule is CN(C(=O)[C@@H]1COC(=O)N1)c1ccc(F)c(Cl)c1F. The molecule has 19 heavy (non-hydrogen) atoms. The van der Waals surface area contributed by atoms with Gasteiger partial charge < -0.3 is 15.0 Å². The Balaban J connectivity index is 2.24. The van der Waals surface area contributed by atoms with Crippen LogP contribution in [0.25, 0.3) is 0 Å². The van der Waals surface area contributed by atoms with Crippen molar-refractivity contribution in [1.82, 2.24) is 5.32 Å². The number of benzene rings is 1. The fourth-order valence-electron chi connectivity index (χ4n) is 1.64. The first kappa shape index (κ1) is 13.5. The van der Waals surface area contributed by atoms with Crippen LogP contribution in [0.1, 0.15) is 0 Å². The molecular weight excluding hydrogens is 282 g/mol. The molecule has 1 saturated heterocycles. The number of carbonyl (C=O) groups excluding carboxylic acids is 2. The van der Waals surface area contributed by atoms with E-state index in [-0.39, 0.29) is 12.3 Å². The van der Waals surface area contributed by atoms with Gasteiger partial charge in [-0.1, -0.05) is 11.6 Å². The van der Waals surface area contributed by atoms with E-state index in [1.807, 2.05) is 0 Å². The first-order valence-electron chi connectivity index (χ1n) is 5.26. The van der Waals surface area contributed by atoms with Crippen molar-refractivity contribution < 1.29 is 23.1 Å². The zero-order valence-corrected chi connectivity index (χ0v) is 10.5. The van der Waals surface area contributed by atoms with Crippen LogP contribution in [0.2, 0.25) is 5.02 Å². The Morgan fingerprint density at radius 2 is 2.21 bits per heavy atom. The zero-order chi connectivity index (χ0) is 14.2. The van der Waals surface area contributed by atoms with Crippen LogP contribution in [0.3, 0.4) is 0 Å². The Bertz CT molecular complexity index is 553. The molecule has 0 unspecified atom stereocenters. The molecule has 2 rings (SSSR count). The number of anilines is 1. The van der Waals surface area contributed by atoms with Gasteiger partial charge in [0.05, 0.1) is 5.69 Å². The quantitative estimate of drug-likeness (QED) is 0.843. The van der Waals surface area contributed by atoms with E-state index in [0.29, 0.717) is 0 Å². The van der Waals surface area contributed by atoms with Crippen LogP contribution in [0.5, 0.6) is 0 Å². The van der Waals surface area contributed by atoms with Gasteiger partial charge in [-0.05, 0) is 12.1 Å². The van der Waals surface area contributed by atoms with Crippen molar-refractivity contribution in [3.63, 3.8) is 0 Å². The summed E-state index contributed by atoms with van der Waals surface area (Å²) in [5, 5.41) is 1.58. The second-order valence-corrected chi connectivity index (χ2v) is 4.27. The van der Waals surface area contributed by atoms with Gasteiger partial charge in [0.15, 0.2) is 5.82 Å². The third-order valence-corrected chi connectivity index (χ3v) is 3.02. The minimum Gasteiger partial charge on any atom is -0.447 e. The molecule has 1 N–H and O–H groups in total. The summed E-state index contributed by atoms with van der Waals surface area (Å²) in [5.74, 6) is -2.54. The first-order valence-corrected chi connectivity index (χ1v) is 5.64. The predicted molar refractivity (Wildman–Crippen MR) is 63.0 cm³/mol. The van der Waals surface area contributed by atoms with Crippen molar-refractivity contribution >= 4 is 29.3 Å². The number of amides is 2. The van der Waals surface area contributed by atoms with Crippen LogP contribution in [-0.4, -0.2) is 31.7 Å². The molecule has 102 valence electrons. The minimum atomic E-state index is -1.04. The molecule has 1 aliphatic rings. The summed E-state index contributed by atoms with van der Waals surface area (Å²) in [6, 6.07) is 1.14. The normalized spacial score (nSPS) is 17.9. The number of hydrogen-bond acceptors (Lipinski definition) is 3. The van der Waals surface area contributed by atoms with E-state index in [1.165, 1.54) is 7.05 Å². The summed E-state index contributed by atoms with van der Waals surface area (Å²) >= 11 is 5.43. The van der Waals surface area contributed by atoms with E-state index in [2.05, 4.69) is 10.1 Å². The predicted octanol–water partition coefficient (Wildman–Crippen LogP) is 1.69. The van der Waals surface area contributed by atoms with Gasteiger partial charge in [-0.15, -0.1) is 0 Å². The highest BCUT2D eigenvalue weighted by atomic mass is 35.5. The maximum absolute atomic E-state index is 13.8. The monoisotopic (exact) mass is 290 g/mol. The van der Waals surface area contributed by atoms with Crippen molar-refractivity contribution in [1.29, 1.82) is 0 Å². The van der Waals surface area contributed by atoms with E-state index < -0.39 is 34.7 Å². The molecule has 0 spiro atoms. The van der Waals surface area contributed by atoms with Crippen LogP contribution >= 0.6 is 11.6 Å². The Morgan fingerprint density at radius 1 is 1.53 bits per heavy atom. The third-order valence-electron chi connectivity index (χ3n) is 2.68. The molecule has 1 heterocycles. The van der Waals surface area contributed by atoms with Gasteiger partial charge in [0, 0.05) is 7.05 Å². The van der Waals surface area contributed by atoms with E-state index in [0.717, 1.165) is 17.0 Å². The van der Waals surface area contributed by atoms with Crippen molar-refractivity contribution in [3.05, 3.63) is 28.8 Å². The van der Waals surface area contributed by atoms with Crippen molar-refractivity contribution in [2.75, 3.05) is 18.6 Å². The topological polar surface area (TPSA) is 58.6 Å². The molecule has 1 aromatic rings. The summed E-state index contributed by atoms with van der Waals surface area (Å²) in [5.41, 5.74) is -0.183. The van der Waals surface area contributed by atoms with Gasteiger partial charge in [0.1, 0.15) is 23.5 Å². The Labute approximate surface area is 112 Å². The molecular formula is C11H9ClF2N2O3. The van der Waals surface area contributed by atoms with Crippen molar-refractivity contribution in [3.8, 4) is 0 Å². The second kappa shape index (κ2) is 5.00. The minimum absolute atomic E-state index is 0.140. The average Bonchev–Trinajstić information content (AvgIpc) is 2.81. The third kappa shape index (κ3) is 2.46. The molecule has 0 saturated carbocycles. The highest BCUT2D eigenvalue weighted by molar-refractivity contribution is 6.31. The summed E-state index contributed by atoms with van der Waals surface area (Å²) in [7, 11) is 1.29. The number of cyclic esters (lactones) is 1. The Hall–Kier alpha value is -1.89. The maximum atomic E-state index is 13.8. The molecule has 0 bridgehead atoms. The summed E-state index contributed by atoms with van der Waals surface area (Å²) in [6.45, 7) is -0.140. The lowest BCUT2D eigenvalue weighted by Gasteiger charge is -2.20. The summed E-state index contributed by atoms with van der Waals surface area (Å²) in [6.07, 6.45) is -0.718. The molecule has 1 aliphatic heterocycles. The number of hydrogen-bond donors (Lipinski definition) is 1.